The summed E-state index contributed by atoms with van der Waals surface area (Å²) >= 11 is 0. The van der Waals surface area contributed by atoms with E-state index in [-0.39, 0.29) is 23.9 Å². The van der Waals surface area contributed by atoms with Crippen LogP contribution >= 0.6 is 0 Å². The number of hydrogen-bond donors (Lipinski definition) is 1. The summed E-state index contributed by atoms with van der Waals surface area (Å²) in [6, 6.07) is 20.4. The molecule has 1 aliphatic carbocycles. The van der Waals surface area contributed by atoms with Gasteiger partial charge >= 0.3 is 0 Å². The lowest BCUT2D eigenvalue weighted by molar-refractivity contribution is -0.224. The molecule has 5 rings (SSSR count). The second kappa shape index (κ2) is 13.9. The molecular formula is C41H52O4Si. The number of hydrogen-bond acceptors (Lipinski definition) is 4. The first-order valence-electron chi connectivity index (χ1n) is 16.9. The summed E-state index contributed by atoms with van der Waals surface area (Å²) in [5.41, 5.74) is 5.84. The molecule has 4 nitrogen and oxygen atoms in total. The molecule has 1 N–H and O–H groups in total. The summed E-state index contributed by atoms with van der Waals surface area (Å²) in [7, 11) is -3.18. The molecule has 0 radical (unpaired) electrons. The zero-order chi connectivity index (χ0) is 33.1. The predicted molar refractivity (Wildman–Crippen MR) is 192 cm³/mol. The van der Waals surface area contributed by atoms with Crippen LogP contribution in [0.3, 0.4) is 0 Å². The van der Waals surface area contributed by atoms with Crippen molar-refractivity contribution in [3.05, 3.63) is 119 Å². The van der Waals surface area contributed by atoms with E-state index in [0.717, 1.165) is 48.1 Å². The van der Waals surface area contributed by atoms with Crippen LogP contribution in [0.4, 0.5) is 0 Å². The standard InChI is InChI=1S/C41H52O4Si/c1-29(2)15-14-16-30(3)23-34-24-31(4)27-41(44-34)28-33(37-26-38(42)32(5)25-39(37)45-41)21-22-40(6,7)46(43,35-17-10-8-11-18-35)36-19-12-9-13-20-36/h8-13,15,17-20,23,25,27-28,34,37,39,43H,14,16,21-22,24,26H2,1-7H3/b30-23+/t34-,37-,39-,41+/m1/s1. The van der Waals surface area contributed by atoms with E-state index in [2.05, 4.69) is 90.1 Å². The maximum atomic E-state index is 13.0. The fourth-order valence-corrected chi connectivity index (χ4v) is 11.2. The highest BCUT2D eigenvalue weighted by atomic mass is 28.4. The quantitative estimate of drug-likeness (QED) is 0.211. The number of carbonyl (C=O) groups excluding carboxylic acids is 1. The number of allylic oxidation sites excluding steroid dienone is 4. The number of benzene rings is 2. The van der Waals surface area contributed by atoms with Gasteiger partial charge in [-0.3, -0.25) is 4.79 Å². The number of ether oxygens (including phenoxy) is 2. The highest BCUT2D eigenvalue weighted by Gasteiger charge is 2.51. The Morgan fingerprint density at radius 1 is 0.957 bits per heavy atom. The van der Waals surface area contributed by atoms with Gasteiger partial charge in [0.25, 0.3) is 8.32 Å². The van der Waals surface area contributed by atoms with Crippen LogP contribution in [0.2, 0.25) is 5.04 Å². The van der Waals surface area contributed by atoms with E-state index in [1.165, 1.54) is 22.3 Å². The molecule has 2 heterocycles. The summed E-state index contributed by atoms with van der Waals surface area (Å²) in [5, 5.41) is 1.61. The number of carbonyl (C=O) groups is 1. The Morgan fingerprint density at radius 3 is 2.20 bits per heavy atom. The Morgan fingerprint density at radius 2 is 1.59 bits per heavy atom. The second-order valence-electron chi connectivity index (χ2n) is 14.6. The lowest BCUT2D eigenvalue weighted by Gasteiger charge is -2.47. The van der Waals surface area contributed by atoms with Crippen LogP contribution in [-0.4, -0.2) is 36.9 Å². The van der Waals surface area contributed by atoms with Crippen LogP contribution in [0.25, 0.3) is 0 Å². The Balaban J connectivity index is 1.48. The largest absolute Gasteiger partial charge is 0.424 e. The second-order valence-corrected chi connectivity index (χ2v) is 18.5. The molecule has 2 aliphatic heterocycles. The summed E-state index contributed by atoms with van der Waals surface area (Å²) in [6.45, 7) is 14.9. The summed E-state index contributed by atoms with van der Waals surface area (Å²) in [5.74, 6) is -0.858. The molecular weight excluding hydrogens is 585 g/mol. The molecule has 0 bridgehead atoms. The van der Waals surface area contributed by atoms with Gasteiger partial charge in [0.2, 0.25) is 5.79 Å². The minimum atomic E-state index is -3.18. The minimum Gasteiger partial charge on any atom is -0.424 e. The minimum absolute atomic E-state index is 0.0418. The normalized spacial score (nSPS) is 25.4. The van der Waals surface area contributed by atoms with E-state index < -0.39 is 19.1 Å². The molecule has 2 aromatic carbocycles. The fraction of sp³-hybridized carbons (Fsp3) is 0.439. The Bertz CT molecular complexity index is 1520. The smallest absolute Gasteiger partial charge is 0.258 e. The van der Waals surface area contributed by atoms with Crippen molar-refractivity contribution in [3.8, 4) is 0 Å². The lowest BCUT2D eigenvalue weighted by atomic mass is 9.76. The van der Waals surface area contributed by atoms with E-state index in [4.69, 9.17) is 9.47 Å². The van der Waals surface area contributed by atoms with Crippen molar-refractivity contribution >= 4 is 24.5 Å². The SMILES string of the molecule is CC(C)=CCC/C(C)=C/[C@@H]1CC(C)=C[C@]2(C=C(CCC(C)(C)[Si](O)(c3ccccc3)c3ccccc3)[C@H]3CC(=O)C(C)=C[C@H]3O2)O1. The van der Waals surface area contributed by atoms with Gasteiger partial charge in [-0.05, 0) is 106 Å². The Labute approximate surface area is 277 Å². The Kier molecular flexibility index (Phi) is 10.4. The van der Waals surface area contributed by atoms with E-state index in [9.17, 15) is 9.59 Å². The van der Waals surface area contributed by atoms with Gasteiger partial charge < -0.3 is 14.3 Å². The zero-order valence-electron chi connectivity index (χ0n) is 28.8. The molecule has 1 spiro atoms. The van der Waals surface area contributed by atoms with Gasteiger partial charge in [-0.1, -0.05) is 109 Å². The third-order valence-electron chi connectivity index (χ3n) is 10.1. The van der Waals surface area contributed by atoms with Crippen molar-refractivity contribution in [2.75, 3.05) is 0 Å². The number of Topliss-reactive ketones (excluding diaryl/α,β-unsaturated/α-hetero) is 1. The van der Waals surface area contributed by atoms with E-state index in [1.807, 2.05) is 49.4 Å². The molecule has 0 amide bonds. The number of fused-ring (bicyclic) bond motifs is 1. The van der Waals surface area contributed by atoms with Crippen LogP contribution < -0.4 is 10.4 Å². The fourth-order valence-electron chi connectivity index (χ4n) is 7.46. The Hall–Kier alpha value is -3.09. The van der Waals surface area contributed by atoms with Gasteiger partial charge in [0, 0.05) is 12.3 Å². The van der Waals surface area contributed by atoms with Crippen LogP contribution in [-0.2, 0) is 14.3 Å². The average molecular weight is 637 g/mol. The highest BCUT2D eigenvalue weighted by molar-refractivity contribution is 6.98. The molecule has 0 aromatic heterocycles. The first-order valence-corrected chi connectivity index (χ1v) is 18.9. The highest BCUT2D eigenvalue weighted by Crippen LogP contribution is 2.47. The third kappa shape index (κ3) is 7.39. The first kappa shape index (κ1) is 34.2. The van der Waals surface area contributed by atoms with Gasteiger partial charge in [0.05, 0.1) is 12.2 Å². The molecule has 4 atom stereocenters. The van der Waals surface area contributed by atoms with Crippen molar-refractivity contribution < 1.29 is 19.1 Å². The number of rotatable bonds is 10. The van der Waals surface area contributed by atoms with E-state index in [1.54, 1.807) is 0 Å². The van der Waals surface area contributed by atoms with Gasteiger partial charge in [-0.15, -0.1) is 0 Å². The summed E-state index contributed by atoms with van der Waals surface area (Å²) < 4.78 is 13.7. The van der Waals surface area contributed by atoms with Gasteiger partial charge in [-0.2, -0.15) is 0 Å². The molecule has 2 aromatic rings. The van der Waals surface area contributed by atoms with Crippen LogP contribution in [0.5, 0.6) is 0 Å². The van der Waals surface area contributed by atoms with Crippen LogP contribution in [0, 0.1) is 5.92 Å². The van der Waals surface area contributed by atoms with Crippen molar-refractivity contribution in [1.82, 2.24) is 0 Å². The van der Waals surface area contributed by atoms with Gasteiger partial charge in [0.1, 0.15) is 0 Å². The first-order chi connectivity index (χ1) is 21.8. The molecule has 5 heteroatoms. The number of ketones is 1. The van der Waals surface area contributed by atoms with Crippen molar-refractivity contribution in [1.29, 1.82) is 0 Å². The van der Waals surface area contributed by atoms with Crippen molar-refractivity contribution in [2.24, 2.45) is 5.92 Å². The molecule has 0 fully saturated rings. The summed E-state index contributed by atoms with van der Waals surface area (Å²) in [4.78, 5) is 25.8. The third-order valence-corrected chi connectivity index (χ3v) is 14.7. The maximum Gasteiger partial charge on any atom is 0.258 e. The molecule has 46 heavy (non-hydrogen) atoms. The monoisotopic (exact) mass is 636 g/mol. The predicted octanol–water partition coefficient (Wildman–Crippen LogP) is 8.28. The zero-order valence-corrected chi connectivity index (χ0v) is 29.8. The van der Waals surface area contributed by atoms with Gasteiger partial charge in [0.15, 0.2) is 5.78 Å². The molecule has 0 saturated heterocycles. The van der Waals surface area contributed by atoms with E-state index in [0.29, 0.717) is 6.42 Å². The molecule has 3 aliphatic rings. The van der Waals surface area contributed by atoms with Crippen molar-refractivity contribution in [3.63, 3.8) is 0 Å². The van der Waals surface area contributed by atoms with Crippen LogP contribution in [0.1, 0.15) is 87.0 Å². The molecule has 0 unspecified atom stereocenters. The average Bonchev–Trinajstić information content (AvgIpc) is 3.00. The van der Waals surface area contributed by atoms with Crippen LogP contribution in [0.15, 0.2) is 119 Å². The van der Waals surface area contributed by atoms with E-state index >= 15 is 0 Å². The van der Waals surface area contributed by atoms with Gasteiger partial charge in [-0.25, -0.2) is 0 Å². The van der Waals surface area contributed by atoms with Crippen molar-refractivity contribution in [2.45, 2.75) is 110 Å². The lowest BCUT2D eigenvalue weighted by Crippen LogP contribution is -2.65. The molecule has 244 valence electrons. The maximum absolute atomic E-state index is 13.0. The topological polar surface area (TPSA) is 55.8 Å². The molecule has 0 saturated carbocycles. The summed E-state index contributed by atoms with van der Waals surface area (Å²) in [6.07, 6.45) is 15.3.